The molecule has 2 aromatic rings. The number of piperidine rings is 1. The summed E-state index contributed by atoms with van der Waals surface area (Å²) >= 11 is 0. The first kappa shape index (κ1) is 15.6. The Kier molecular flexibility index (Phi) is 3.92. The highest BCUT2D eigenvalue weighted by molar-refractivity contribution is 5.73. The zero-order valence-corrected chi connectivity index (χ0v) is 13.7. The van der Waals surface area contributed by atoms with Gasteiger partial charge >= 0.3 is 11.8 Å². The Morgan fingerprint density at radius 3 is 2.65 bits per heavy atom. The average molecular weight is 318 g/mol. The van der Waals surface area contributed by atoms with E-state index in [4.69, 9.17) is 9.15 Å². The van der Waals surface area contributed by atoms with E-state index in [1.807, 2.05) is 39.0 Å². The molecule has 0 radical (unpaired) electrons. The molecule has 1 N–H and O–H groups in total. The van der Waals surface area contributed by atoms with Crippen LogP contribution in [-0.4, -0.2) is 34.7 Å². The van der Waals surface area contributed by atoms with Crippen LogP contribution in [0.2, 0.25) is 0 Å². The average Bonchev–Trinajstić information content (AvgIpc) is 2.84. The number of hydrogen-bond acceptors (Lipinski definition) is 4. The van der Waals surface area contributed by atoms with Gasteiger partial charge in [-0.1, -0.05) is 6.07 Å². The largest absolute Gasteiger partial charge is 0.444 e. The van der Waals surface area contributed by atoms with E-state index in [0.717, 1.165) is 18.4 Å². The van der Waals surface area contributed by atoms with Crippen molar-refractivity contribution in [2.45, 2.75) is 45.1 Å². The highest BCUT2D eigenvalue weighted by Crippen LogP contribution is 2.30. The first-order chi connectivity index (χ1) is 10.8. The standard InChI is InChI=1S/C17H22N2O4/c1-17(2,3)23-16(21)19-8-6-11(7-9-19)12-4-5-14-13(10-12)18-15(20)22-14/h4-5,10-11H,6-9H2,1-3H3,(H,18,20). The first-order valence-electron chi connectivity index (χ1n) is 7.92. The molecule has 0 unspecified atom stereocenters. The minimum atomic E-state index is -0.466. The summed E-state index contributed by atoms with van der Waals surface area (Å²) < 4.78 is 10.4. The quantitative estimate of drug-likeness (QED) is 0.876. The second kappa shape index (κ2) is 5.76. The lowest BCUT2D eigenvalue weighted by atomic mass is 9.89. The summed E-state index contributed by atoms with van der Waals surface area (Å²) in [5.41, 5.74) is 2.00. The molecule has 1 amide bonds. The van der Waals surface area contributed by atoms with E-state index in [-0.39, 0.29) is 6.09 Å². The van der Waals surface area contributed by atoms with Gasteiger partial charge in [0.2, 0.25) is 0 Å². The number of nitrogens with one attached hydrogen (secondary N) is 1. The topological polar surface area (TPSA) is 75.5 Å². The molecular weight excluding hydrogens is 296 g/mol. The minimum absolute atomic E-state index is 0.245. The minimum Gasteiger partial charge on any atom is -0.444 e. The van der Waals surface area contributed by atoms with Crippen molar-refractivity contribution in [3.8, 4) is 0 Å². The second-order valence-corrected chi connectivity index (χ2v) is 7.01. The Labute approximate surface area is 134 Å². The van der Waals surface area contributed by atoms with Crippen molar-refractivity contribution in [3.05, 3.63) is 34.3 Å². The van der Waals surface area contributed by atoms with Crippen molar-refractivity contribution in [1.29, 1.82) is 0 Å². The number of oxazole rings is 1. The van der Waals surface area contributed by atoms with Crippen LogP contribution >= 0.6 is 0 Å². The zero-order valence-electron chi connectivity index (χ0n) is 13.7. The van der Waals surface area contributed by atoms with Crippen LogP contribution in [-0.2, 0) is 4.74 Å². The van der Waals surface area contributed by atoms with E-state index in [9.17, 15) is 9.59 Å². The highest BCUT2D eigenvalue weighted by Gasteiger charge is 2.27. The number of benzene rings is 1. The van der Waals surface area contributed by atoms with Crippen LogP contribution in [0.4, 0.5) is 4.79 Å². The molecule has 0 aliphatic carbocycles. The molecule has 6 heteroatoms. The Hall–Kier alpha value is -2.24. The predicted octanol–water partition coefficient (Wildman–Crippen LogP) is 3.24. The second-order valence-electron chi connectivity index (χ2n) is 7.01. The SMILES string of the molecule is CC(C)(C)OC(=O)N1CCC(c2ccc3oc(=O)[nH]c3c2)CC1. The molecule has 23 heavy (non-hydrogen) atoms. The Morgan fingerprint density at radius 2 is 2.00 bits per heavy atom. The van der Waals surface area contributed by atoms with E-state index < -0.39 is 11.4 Å². The number of amides is 1. The van der Waals surface area contributed by atoms with E-state index in [1.165, 1.54) is 5.56 Å². The summed E-state index contributed by atoms with van der Waals surface area (Å²) in [6.45, 7) is 6.98. The van der Waals surface area contributed by atoms with Crippen LogP contribution in [0.15, 0.2) is 27.4 Å². The zero-order chi connectivity index (χ0) is 16.6. The van der Waals surface area contributed by atoms with E-state index in [1.54, 1.807) is 4.90 Å². The molecule has 1 saturated heterocycles. The van der Waals surface area contributed by atoms with Gasteiger partial charge in [-0.3, -0.25) is 4.98 Å². The van der Waals surface area contributed by atoms with Crippen LogP contribution in [0.5, 0.6) is 0 Å². The number of aromatic amines is 1. The third kappa shape index (κ3) is 3.57. The lowest BCUT2D eigenvalue weighted by molar-refractivity contribution is 0.0205. The fourth-order valence-electron chi connectivity index (χ4n) is 2.95. The van der Waals surface area contributed by atoms with Gasteiger partial charge in [0.1, 0.15) is 5.60 Å². The molecule has 1 fully saturated rings. The third-order valence-corrected chi connectivity index (χ3v) is 4.06. The lowest BCUT2D eigenvalue weighted by Crippen LogP contribution is -2.41. The number of H-pyrrole nitrogens is 1. The molecule has 1 aromatic carbocycles. The van der Waals surface area contributed by atoms with Crippen LogP contribution in [0.25, 0.3) is 11.1 Å². The van der Waals surface area contributed by atoms with Crippen LogP contribution in [0, 0.1) is 0 Å². The van der Waals surface area contributed by atoms with Crippen molar-refractivity contribution in [2.24, 2.45) is 0 Å². The molecule has 6 nitrogen and oxygen atoms in total. The Morgan fingerprint density at radius 1 is 1.30 bits per heavy atom. The highest BCUT2D eigenvalue weighted by atomic mass is 16.6. The summed E-state index contributed by atoms with van der Waals surface area (Å²) in [5.74, 6) is -0.0617. The molecule has 1 aliphatic heterocycles. The van der Waals surface area contributed by atoms with Crippen LogP contribution in [0.1, 0.15) is 45.1 Å². The van der Waals surface area contributed by atoms with Gasteiger partial charge in [0.25, 0.3) is 0 Å². The number of aromatic nitrogens is 1. The van der Waals surface area contributed by atoms with Crippen molar-refractivity contribution in [3.63, 3.8) is 0 Å². The number of rotatable bonds is 1. The van der Waals surface area contributed by atoms with E-state index >= 15 is 0 Å². The molecular formula is C17H22N2O4. The van der Waals surface area contributed by atoms with Gasteiger partial charge in [-0.15, -0.1) is 0 Å². The molecule has 2 heterocycles. The molecule has 0 saturated carbocycles. The molecule has 1 aliphatic rings. The van der Waals surface area contributed by atoms with Gasteiger partial charge in [0.05, 0.1) is 5.52 Å². The molecule has 0 atom stereocenters. The summed E-state index contributed by atoms with van der Waals surface area (Å²) in [6, 6.07) is 5.78. The van der Waals surface area contributed by atoms with Crippen molar-refractivity contribution in [2.75, 3.05) is 13.1 Å². The van der Waals surface area contributed by atoms with Crippen LogP contribution < -0.4 is 5.76 Å². The Bertz CT molecular complexity index is 761. The molecule has 124 valence electrons. The monoisotopic (exact) mass is 318 g/mol. The number of hydrogen-bond donors (Lipinski definition) is 1. The molecule has 0 spiro atoms. The third-order valence-electron chi connectivity index (χ3n) is 4.06. The van der Waals surface area contributed by atoms with E-state index in [0.29, 0.717) is 24.6 Å². The maximum Gasteiger partial charge on any atom is 0.417 e. The van der Waals surface area contributed by atoms with E-state index in [2.05, 4.69) is 4.98 Å². The maximum atomic E-state index is 12.1. The Balaban J connectivity index is 1.65. The van der Waals surface area contributed by atoms with Gasteiger partial charge in [0, 0.05) is 13.1 Å². The maximum absolute atomic E-state index is 12.1. The number of fused-ring (bicyclic) bond motifs is 1. The van der Waals surface area contributed by atoms with Gasteiger partial charge in [-0.25, -0.2) is 9.59 Å². The van der Waals surface area contributed by atoms with Crippen molar-refractivity contribution in [1.82, 2.24) is 9.88 Å². The number of carbonyl (C=O) groups is 1. The lowest BCUT2D eigenvalue weighted by Gasteiger charge is -2.33. The summed E-state index contributed by atoms with van der Waals surface area (Å²) in [5, 5.41) is 0. The number of likely N-dealkylation sites (tertiary alicyclic amines) is 1. The van der Waals surface area contributed by atoms with Gasteiger partial charge < -0.3 is 14.1 Å². The normalized spacial score (nSPS) is 16.7. The smallest absolute Gasteiger partial charge is 0.417 e. The van der Waals surface area contributed by atoms with Crippen molar-refractivity contribution < 1.29 is 13.9 Å². The summed E-state index contributed by atoms with van der Waals surface area (Å²) in [6.07, 6.45) is 1.52. The fourth-order valence-corrected chi connectivity index (χ4v) is 2.95. The fraction of sp³-hybridized carbons (Fsp3) is 0.529. The molecule has 3 rings (SSSR count). The number of carbonyl (C=O) groups excluding carboxylic acids is 1. The van der Waals surface area contributed by atoms with Gasteiger partial charge in [0.15, 0.2) is 5.58 Å². The van der Waals surface area contributed by atoms with Gasteiger partial charge in [-0.05, 0) is 57.2 Å². The van der Waals surface area contributed by atoms with Gasteiger partial charge in [-0.2, -0.15) is 0 Å². The molecule has 1 aromatic heterocycles. The van der Waals surface area contributed by atoms with Crippen molar-refractivity contribution >= 4 is 17.2 Å². The van der Waals surface area contributed by atoms with Crippen LogP contribution in [0.3, 0.4) is 0 Å². The molecule has 0 bridgehead atoms. The predicted molar refractivity (Wildman–Crippen MR) is 86.6 cm³/mol. The summed E-state index contributed by atoms with van der Waals surface area (Å²) in [7, 11) is 0. The summed E-state index contributed by atoms with van der Waals surface area (Å²) in [4.78, 5) is 27.8. The number of nitrogens with zero attached hydrogens (tertiary/aromatic N) is 1. The first-order valence-corrected chi connectivity index (χ1v) is 7.92. The number of ether oxygens (including phenoxy) is 1.